The minimum Gasteiger partial charge on any atom is -0.344 e. The van der Waals surface area contributed by atoms with Crippen molar-refractivity contribution >= 4 is 24.5 Å². The average molecular weight is 313 g/mol. The number of hydrogen-bond acceptors (Lipinski definition) is 4. The van der Waals surface area contributed by atoms with Crippen LogP contribution in [0.3, 0.4) is 0 Å². The van der Waals surface area contributed by atoms with Gasteiger partial charge in [-0.1, -0.05) is 20.8 Å². The van der Waals surface area contributed by atoms with Crippen molar-refractivity contribution in [3.05, 3.63) is 0 Å². The molecule has 0 saturated carbocycles. The van der Waals surface area contributed by atoms with Gasteiger partial charge in [0.1, 0.15) is 12.6 Å². The fourth-order valence-corrected chi connectivity index (χ4v) is 1.64. The van der Waals surface area contributed by atoms with Crippen molar-refractivity contribution in [1.29, 1.82) is 0 Å². The normalized spacial score (nSPS) is 12.2. The van der Waals surface area contributed by atoms with Gasteiger partial charge in [0.15, 0.2) is 0 Å². The molecule has 0 aromatic heterocycles. The second kappa shape index (κ2) is 9.92. The number of unbranched alkanes of at least 4 members (excludes halogenated alkanes) is 1. The second-order valence-corrected chi connectivity index (χ2v) is 6.25. The molecule has 0 fully saturated rings. The van der Waals surface area contributed by atoms with Crippen LogP contribution in [0, 0.1) is 5.41 Å². The summed E-state index contributed by atoms with van der Waals surface area (Å²) in [4.78, 5) is 46.0. The molecule has 0 saturated heterocycles. The highest BCUT2D eigenvalue weighted by atomic mass is 16.2. The van der Waals surface area contributed by atoms with Crippen molar-refractivity contribution in [2.24, 2.45) is 5.41 Å². The summed E-state index contributed by atoms with van der Waals surface area (Å²) in [5.74, 6) is -0.0653. The molecule has 0 aromatic rings. The molecule has 7 heteroatoms. The number of aldehydes is 2. The molecular formula is C15H27N3O4. The van der Waals surface area contributed by atoms with Gasteiger partial charge in [-0.15, -0.1) is 0 Å². The lowest BCUT2D eigenvalue weighted by molar-refractivity contribution is -0.130. The molecule has 1 unspecified atom stereocenters. The van der Waals surface area contributed by atoms with Crippen LogP contribution in [0.5, 0.6) is 0 Å². The van der Waals surface area contributed by atoms with Gasteiger partial charge in [0.2, 0.25) is 5.91 Å². The molecule has 0 aromatic carbocycles. The standard InChI is InChI=1S/C15H27N3O4/c1-15(2,3)12(11-20)17-14(22)16-8-9-18(4)13(21)7-5-6-10-19/h10-12H,5-9H2,1-4H3,(H2,16,17,22). The second-order valence-electron chi connectivity index (χ2n) is 6.25. The van der Waals surface area contributed by atoms with Gasteiger partial charge in [0.25, 0.3) is 0 Å². The smallest absolute Gasteiger partial charge is 0.315 e. The zero-order chi connectivity index (χ0) is 17.2. The quantitative estimate of drug-likeness (QED) is 0.484. The van der Waals surface area contributed by atoms with E-state index in [0.717, 1.165) is 6.29 Å². The lowest BCUT2D eigenvalue weighted by Crippen LogP contribution is -2.50. The largest absolute Gasteiger partial charge is 0.344 e. The maximum atomic E-state index is 11.7. The van der Waals surface area contributed by atoms with E-state index in [-0.39, 0.29) is 17.9 Å². The number of carbonyl (C=O) groups excluding carboxylic acids is 4. The Labute approximate surface area is 131 Å². The van der Waals surface area contributed by atoms with Crippen LogP contribution in [-0.4, -0.2) is 55.6 Å². The van der Waals surface area contributed by atoms with Gasteiger partial charge < -0.3 is 25.1 Å². The van der Waals surface area contributed by atoms with Gasteiger partial charge in [0.05, 0.1) is 6.04 Å². The van der Waals surface area contributed by atoms with Crippen LogP contribution < -0.4 is 10.6 Å². The van der Waals surface area contributed by atoms with Crippen molar-refractivity contribution in [2.45, 2.75) is 46.1 Å². The minimum atomic E-state index is -0.574. The van der Waals surface area contributed by atoms with E-state index in [2.05, 4.69) is 10.6 Å². The maximum absolute atomic E-state index is 11.7. The average Bonchev–Trinajstić information content (AvgIpc) is 2.43. The molecule has 0 aliphatic heterocycles. The number of likely N-dealkylation sites (N-methyl/N-ethyl adjacent to an activating group) is 1. The zero-order valence-electron chi connectivity index (χ0n) is 13.8. The Kier molecular flexibility index (Phi) is 9.05. The van der Waals surface area contributed by atoms with E-state index in [9.17, 15) is 19.2 Å². The van der Waals surface area contributed by atoms with Crippen LogP contribution >= 0.6 is 0 Å². The highest BCUT2D eigenvalue weighted by Gasteiger charge is 2.25. The first kappa shape index (κ1) is 20.1. The molecule has 0 aliphatic rings. The topological polar surface area (TPSA) is 95.6 Å². The number of rotatable bonds is 9. The van der Waals surface area contributed by atoms with E-state index in [1.54, 1.807) is 7.05 Å². The zero-order valence-corrected chi connectivity index (χ0v) is 13.8. The number of nitrogens with one attached hydrogen (secondary N) is 2. The van der Waals surface area contributed by atoms with Gasteiger partial charge in [-0.3, -0.25) is 4.79 Å². The summed E-state index contributed by atoms with van der Waals surface area (Å²) >= 11 is 0. The Balaban J connectivity index is 4.03. The summed E-state index contributed by atoms with van der Waals surface area (Å²) in [6, 6.07) is -1.01. The van der Waals surface area contributed by atoms with Crippen molar-refractivity contribution in [1.82, 2.24) is 15.5 Å². The molecule has 126 valence electrons. The van der Waals surface area contributed by atoms with Crippen LogP contribution in [0.2, 0.25) is 0 Å². The monoisotopic (exact) mass is 313 g/mol. The molecule has 2 N–H and O–H groups in total. The van der Waals surface area contributed by atoms with Crippen molar-refractivity contribution in [3.8, 4) is 0 Å². The third-order valence-electron chi connectivity index (χ3n) is 3.23. The molecule has 0 spiro atoms. The number of hydrogen-bond donors (Lipinski definition) is 2. The SMILES string of the molecule is CN(CCNC(=O)NC(C=O)C(C)(C)C)C(=O)CCCC=O. The first-order chi connectivity index (χ1) is 10.2. The maximum Gasteiger partial charge on any atom is 0.315 e. The molecule has 0 heterocycles. The third-order valence-corrected chi connectivity index (χ3v) is 3.23. The lowest BCUT2D eigenvalue weighted by Gasteiger charge is -2.27. The van der Waals surface area contributed by atoms with Gasteiger partial charge in [-0.2, -0.15) is 0 Å². The summed E-state index contributed by atoms with van der Waals surface area (Å²) in [5.41, 5.74) is -0.357. The Morgan fingerprint density at radius 3 is 2.36 bits per heavy atom. The van der Waals surface area contributed by atoms with Crippen LogP contribution in [0.15, 0.2) is 0 Å². The molecule has 0 radical (unpaired) electrons. The molecule has 0 bridgehead atoms. The van der Waals surface area contributed by atoms with Crippen molar-refractivity contribution < 1.29 is 19.2 Å². The number of amides is 3. The van der Waals surface area contributed by atoms with Crippen LogP contribution in [0.1, 0.15) is 40.0 Å². The molecule has 22 heavy (non-hydrogen) atoms. The molecule has 0 aliphatic carbocycles. The predicted molar refractivity (Wildman–Crippen MR) is 83.4 cm³/mol. The van der Waals surface area contributed by atoms with Gasteiger partial charge in [-0.25, -0.2) is 4.79 Å². The highest BCUT2D eigenvalue weighted by molar-refractivity contribution is 5.78. The summed E-state index contributed by atoms with van der Waals surface area (Å²) in [6.45, 7) is 6.24. The summed E-state index contributed by atoms with van der Waals surface area (Å²) in [7, 11) is 1.65. The van der Waals surface area contributed by atoms with Crippen molar-refractivity contribution in [3.63, 3.8) is 0 Å². The van der Waals surface area contributed by atoms with Gasteiger partial charge in [-0.05, 0) is 11.8 Å². The fraction of sp³-hybridized carbons (Fsp3) is 0.733. The van der Waals surface area contributed by atoms with Crippen LogP contribution in [0.25, 0.3) is 0 Å². The van der Waals surface area contributed by atoms with Crippen LogP contribution in [0.4, 0.5) is 4.79 Å². The molecular weight excluding hydrogens is 286 g/mol. The van der Waals surface area contributed by atoms with E-state index < -0.39 is 12.1 Å². The Morgan fingerprint density at radius 1 is 1.23 bits per heavy atom. The Hall–Kier alpha value is -1.92. The van der Waals surface area contributed by atoms with Gasteiger partial charge in [0, 0.05) is 33.0 Å². The number of carbonyl (C=O) groups is 4. The third kappa shape index (κ3) is 8.39. The lowest BCUT2D eigenvalue weighted by atomic mass is 9.88. The van der Waals surface area contributed by atoms with E-state index in [1.807, 2.05) is 20.8 Å². The molecule has 0 rings (SSSR count). The summed E-state index contributed by atoms with van der Waals surface area (Å²) < 4.78 is 0. The first-order valence-electron chi connectivity index (χ1n) is 7.39. The van der Waals surface area contributed by atoms with E-state index in [0.29, 0.717) is 32.1 Å². The molecule has 7 nitrogen and oxygen atoms in total. The molecule has 1 atom stereocenters. The van der Waals surface area contributed by atoms with Crippen LogP contribution in [-0.2, 0) is 14.4 Å². The van der Waals surface area contributed by atoms with E-state index in [1.165, 1.54) is 4.90 Å². The van der Waals surface area contributed by atoms with Crippen molar-refractivity contribution in [2.75, 3.05) is 20.1 Å². The highest BCUT2D eigenvalue weighted by Crippen LogP contribution is 2.17. The molecule has 3 amide bonds. The number of nitrogens with zero attached hydrogens (tertiary/aromatic N) is 1. The van der Waals surface area contributed by atoms with Gasteiger partial charge >= 0.3 is 6.03 Å². The summed E-state index contributed by atoms with van der Waals surface area (Å²) in [5, 5.41) is 5.20. The first-order valence-corrected chi connectivity index (χ1v) is 7.39. The Bertz CT molecular complexity index is 391. The minimum absolute atomic E-state index is 0.0653. The number of urea groups is 1. The predicted octanol–water partition coefficient (Wildman–Crippen LogP) is 0.727. The Morgan fingerprint density at radius 2 is 1.86 bits per heavy atom. The van der Waals surface area contributed by atoms with E-state index in [4.69, 9.17) is 0 Å². The summed E-state index contributed by atoms with van der Waals surface area (Å²) in [6.07, 6.45) is 2.73. The fourth-order valence-electron chi connectivity index (χ4n) is 1.64. The van der Waals surface area contributed by atoms with E-state index >= 15 is 0 Å².